The van der Waals surface area contributed by atoms with Crippen LogP contribution in [0, 0.1) is 0 Å². The van der Waals surface area contributed by atoms with Crippen molar-refractivity contribution in [2.45, 2.75) is 25.0 Å². The van der Waals surface area contributed by atoms with Gasteiger partial charge >= 0.3 is 0 Å². The first kappa shape index (κ1) is 14.7. The number of aromatic nitrogens is 2. The Hall–Kier alpha value is -1.92. The van der Waals surface area contributed by atoms with Gasteiger partial charge in [-0.05, 0) is 25.0 Å². The lowest BCUT2D eigenvalue weighted by Gasteiger charge is -2.48. The summed E-state index contributed by atoms with van der Waals surface area (Å²) in [5.41, 5.74) is -0.111. The summed E-state index contributed by atoms with van der Waals surface area (Å²) in [4.78, 5) is 13.4. The van der Waals surface area contributed by atoms with Gasteiger partial charge in [-0.25, -0.2) is 4.98 Å². The molecule has 2 saturated heterocycles. The summed E-state index contributed by atoms with van der Waals surface area (Å²) in [6.45, 7) is 5.40. The molecule has 0 amide bonds. The fourth-order valence-corrected chi connectivity index (χ4v) is 3.68. The highest BCUT2D eigenvalue weighted by molar-refractivity contribution is 5.36. The lowest BCUT2D eigenvalue weighted by Crippen LogP contribution is -2.59. The van der Waals surface area contributed by atoms with E-state index in [-0.39, 0.29) is 5.60 Å². The van der Waals surface area contributed by atoms with Crippen LogP contribution in [0.3, 0.4) is 0 Å². The molecule has 2 fully saturated rings. The molecule has 23 heavy (non-hydrogen) atoms. The molecule has 1 unspecified atom stereocenters. The third-order valence-electron chi connectivity index (χ3n) is 4.70. The Morgan fingerprint density at radius 1 is 1.22 bits per heavy atom. The lowest BCUT2D eigenvalue weighted by atomic mass is 9.90. The normalized spacial score (nSPS) is 25.8. The van der Waals surface area contributed by atoms with Crippen LogP contribution in [-0.2, 0) is 11.3 Å². The third-order valence-corrected chi connectivity index (χ3v) is 4.70. The lowest BCUT2D eigenvalue weighted by molar-refractivity contribution is -0.117. The Bertz CT molecular complexity index is 615. The Morgan fingerprint density at radius 2 is 2.22 bits per heavy atom. The van der Waals surface area contributed by atoms with Crippen molar-refractivity contribution < 1.29 is 9.15 Å². The third kappa shape index (κ3) is 3.23. The van der Waals surface area contributed by atoms with Crippen LogP contribution in [0.15, 0.2) is 41.4 Å². The zero-order valence-electron chi connectivity index (χ0n) is 13.2. The summed E-state index contributed by atoms with van der Waals surface area (Å²) in [6, 6.07) is 3.98. The quantitative estimate of drug-likeness (QED) is 0.863. The molecule has 2 aliphatic heterocycles. The van der Waals surface area contributed by atoms with Crippen molar-refractivity contribution in [2.24, 2.45) is 0 Å². The molecule has 0 bridgehead atoms. The minimum absolute atomic E-state index is 0.111. The van der Waals surface area contributed by atoms with Gasteiger partial charge in [0, 0.05) is 38.6 Å². The maximum absolute atomic E-state index is 6.25. The molecule has 4 rings (SSSR count). The average molecular weight is 314 g/mol. The molecule has 2 aromatic rings. The molecule has 6 nitrogen and oxygen atoms in total. The van der Waals surface area contributed by atoms with Gasteiger partial charge in [0.15, 0.2) is 0 Å². The molecule has 0 aromatic carbocycles. The summed E-state index contributed by atoms with van der Waals surface area (Å²) in [7, 11) is 0. The van der Waals surface area contributed by atoms with Gasteiger partial charge in [-0.3, -0.25) is 9.88 Å². The monoisotopic (exact) mass is 314 g/mol. The minimum Gasteiger partial charge on any atom is -0.468 e. The van der Waals surface area contributed by atoms with E-state index >= 15 is 0 Å². The Labute approximate surface area is 136 Å². The highest BCUT2D eigenvalue weighted by Crippen LogP contribution is 2.31. The molecular formula is C17H22N4O2. The Morgan fingerprint density at radius 3 is 3.04 bits per heavy atom. The number of rotatable bonds is 3. The molecule has 2 aliphatic rings. The van der Waals surface area contributed by atoms with Crippen LogP contribution in [-0.4, -0.2) is 53.3 Å². The van der Waals surface area contributed by atoms with Crippen molar-refractivity contribution in [2.75, 3.05) is 37.7 Å². The number of furan rings is 1. The second kappa shape index (κ2) is 6.29. The summed E-state index contributed by atoms with van der Waals surface area (Å²) in [5.74, 6) is 1.96. The van der Waals surface area contributed by atoms with Gasteiger partial charge in [0.1, 0.15) is 11.6 Å². The summed E-state index contributed by atoms with van der Waals surface area (Å²) < 4.78 is 11.7. The summed E-state index contributed by atoms with van der Waals surface area (Å²) >= 11 is 0. The van der Waals surface area contributed by atoms with Gasteiger partial charge in [0.25, 0.3) is 0 Å². The maximum Gasteiger partial charge on any atom is 0.147 e. The van der Waals surface area contributed by atoms with Crippen LogP contribution in [0.5, 0.6) is 0 Å². The molecular weight excluding hydrogens is 292 g/mol. The van der Waals surface area contributed by atoms with E-state index in [1.807, 2.05) is 18.3 Å². The largest absolute Gasteiger partial charge is 0.468 e. The molecule has 1 atom stereocenters. The number of nitrogens with zero attached hydrogens (tertiary/aromatic N) is 4. The van der Waals surface area contributed by atoms with Crippen LogP contribution >= 0.6 is 0 Å². The van der Waals surface area contributed by atoms with E-state index in [1.165, 1.54) is 0 Å². The van der Waals surface area contributed by atoms with Crippen LogP contribution in [0.2, 0.25) is 0 Å². The first-order valence-corrected chi connectivity index (χ1v) is 8.23. The number of anilines is 1. The smallest absolute Gasteiger partial charge is 0.147 e. The molecule has 0 aliphatic carbocycles. The van der Waals surface area contributed by atoms with Crippen molar-refractivity contribution in [1.29, 1.82) is 0 Å². The van der Waals surface area contributed by atoms with Crippen molar-refractivity contribution in [1.82, 2.24) is 14.9 Å². The van der Waals surface area contributed by atoms with E-state index in [4.69, 9.17) is 9.15 Å². The predicted octanol–water partition coefficient (Wildman–Crippen LogP) is 1.94. The molecule has 6 heteroatoms. The van der Waals surface area contributed by atoms with Crippen LogP contribution < -0.4 is 4.90 Å². The zero-order valence-corrected chi connectivity index (χ0v) is 13.2. The van der Waals surface area contributed by atoms with Crippen molar-refractivity contribution in [3.05, 3.63) is 42.7 Å². The molecule has 0 radical (unpaired) electrons. The van der Waals surface area contributed by atoms with Gasteiger partial charge in [-0.2, -0.15) is 0 Å². The minimum atomic E-state index is -0.111. The molecule has 2 aromatic heterocycles. The van der Waals surface area contributed by atoms with Gasteiger partial charge in [-0.1, -0.05) is 0 Å². The SMILES string of the molecule is c1coc(CN2CCOC3(CCCN(c4cnccn4)C3)C2)c1. The Balaban J connectivity index is 1.46. The highest BCUT2D eigenvalue weighted by Gasteiger charge is 2.41. The van der Waals surface area contributed by atoms with Crippen LogP contribution in [0.25, 0.3) is 0 Å². The number of morpholine rings is 1. The first-order valence-electron chi connectivity index (χ1n) is 8.23. The van der Waals surface area contributed by atoms with Gasteiger partial charge in [0.2, 0.25) is 0 Å². The second-order valence-electron chi connectivity index (χ2n) is 6.41. The molecule has 4 heterocycles. The standard InChI is InChI=1S/C17H22N4O2/c1-3-15(22-9-1)12-20-8-10-23-17(13-20)4-2-7-21(14-17)16-11-18-5-6-19-16/h1,3,5-6,9,11H,2,4,7-8,10,12-14H2. The molecule has 122 valence electrons. The van der Waals surface area contributed by atoms with E-state index in [0.29, 0.717) is 0 Å². The Kier molecular flexibility index (Phi) is 4.01. The molecule has 0 saturated carbocycles. The summed E-state index contributed by atoms with van der Waals surface area (Å²) in [6.07, 6.45) is 9.25. The van der Waals surface area contributed by atoms with Crippen molar-refractivity contribution >= 4 is 5.82 Å². The number of piperidine rings is 1. The van der Waals surface area contributed by atoms with E-state index in [9.17, 15) is 0 Å². The average Bonchev–Trinajstić information content (AvgIpc) is 3.09. The fraction of sp³-hybridized carbons (Fsp3) is 0.529. The van der Waals surface area contributed by atoms with E-state index < -0.39 is 0 Å². The number of hydrogen-bond acceptors (Lipinski definition) is 6. The predicted molar refractivity (Wildman–Crippen MR) is 86.1 cm³/mol. The van der Waals surface area contributed by atoms with Gasteiger partial charge in [-0.15, -0.1) is 0 Å². The maximum atomic E-state index is 6.25. The second-order valence-corrected chi connectivity index (χ2v) is 6.41. The van der Waals surface area contributed by atoms with Gasteiger partial charge in [0.05, 0.1) is 31.2 Å². The highest BCUT2D eigenvalue weighted by atomic mass is 16.5. The van der Waals surface area contributed by atoms with Crippen LogP contribution in [0.4, 0.5) is 5.82 Å². The zero-order chi connectivity index (χ0) is 15.5. The van der Waals surface area contributed by atoms with E-state index in [2.05, 4.69) is 19.8 Å². The number of ether oxygens (including phenoxy) is 1. The van der Waals surface area contributed by atoms with E-state index in [1.54, 1.807) is 18.7 Å². The van der Waals surface area contributed by atoms with Crippen molar-refractivity contribution in [3.63, 3.8) is 0 Å². The van der Waals surface area contributed by atoms with Crippen molar-refractivity contribution in [3.8, 4) is 0 Å². The first-order chi connectivity index (χ1) is 11.3. The van der Waals surface area contributed by atoms with Gasteiger partial charge < -0.3 is 14.1 Å². The summed E-state index contributed by atoms with van der Waals surface area (Å²) in [5, 5.41) is 0. The molecule has 1 spiro atoms. The number of hydrogen-bond donors (Lipinski definition) is 0. The topological polar surface area (TPSA) is 54.6 Å². The fourth-order valence-electron chi connectivity index (χ4n) is 3.68. The van der Waals surface area contributed by atoms with E-state index in [0.717, 1.165) is 63.8 Å². The molecule has 0 N–H and O–H groups in total. The van der Waals surface area contributed by atoms with Crippen LogP contribution in [0.1, 0.15) is 18.6 Å².